The van der Waals surface area contributed by atoms with Gasteiger partial charge < -0.3 is 15.8 Å². The van der Waals surface area contributed by atoms with Crippen LogP contribution < -0.4 is 11.1 Å². The molecular formula is C8H13N5O3. The molecule has 0 aliphatic rings. The summed E-state index contributed by atoms with van der Waals surface area (Å²) in [7, 11) is 0. The number of carbonyl (C=O) groups excluding carboxylic acids is 2. The molecule has 8 heteroatoms. The lowest BCUT2D eigenvalue weighted by Gasteiger charge is -2.02. The third kappa shape index (κ3) is 4.05. The summed E-state index contributed by atoms with van der Waals surface area (Å²) in [4.78, 5) is 25.5. The van der Waals surface area contributed by atoms with Crippen LogP contribution in [-0.4, -0.2) is 46.8 Å². The van der Waals surface area contributed by atoms with Crippen molar-refractivity contribution >= 4 is 11.8 Å². The molecule has 1 rings (SSSR count). The largest absolute Gasteiger partial charge is 0.370 e. The number of carbonyl (C=O) groups is 2. The second-order valence-corrected chi connectivity index (χ2v) is 3.02. The number of primary amides is 1. The van der Waals surface area contributed by atoms with Crippen molar-refractivity contribution in [1.82, 2.24) is 20.5 Å². The molecule has 2 amide bonds. The van der Waals surface area contributed by atoms with Crippen molar-refractivity contribution in [1.29, 1.82) is 0 Å². The van der Waals surface area contributed by atoms with Crippen molar-refractivity contribution in [3.63, 3.8) is 0 Å². The first kappa shape index (κ1) is 12.1. The number of nitrogens with two attached hydrogens (primary N) is 1. The average Bonchev–Trinajstić information content (AvgIpc) is 2.63. The standard InChI is InChI=1S/C8H13N5O3/c1-5-11-7(13-12-5)8(15)10-2-3-16-4-6(9)14/h2-4H2,1H3,(H2,9,14)(H,10,15)(H,11,12,13). The molecule has 0 atom stereocenters. The van der Waals surface area contributed by atoms with Gasteiger partial charge in [-0.2, -0.15) is 0 Å². The number of aromatic nitrogens is 3. The van der Waals surface area contributed by atoms with Gasteiger partial charge >= 0.3 is 0 Å². The van der Waals surface area contributed by atoms with Crippen LogP contribution in [0.5, 0.6) is 0 Å². The van der Waals surface area contributed by atoms with E-state index in [9.17, 15) is 9.59 Å². The van der Waals surface area contributed by atoms with Crippen molar-refractivity contribution in [3.05, 3.63) is 11.6 Å². The minimum atomic E-state index is -0.545. The van der Waals surface area contributed by atoms with Crippen LogP contribution in [0.1, 0.15) is 16.4 Å². The van der Waals surface area contributed by atoms with E-state index in [2.05, 4.69) is 20.5 Å². The van der Waals surface area contributed by atoms with E-state index in [0.29, 0.717) is 5.82 Å². The van der Waals surface area contributed by atoms with Crippen molar-refractivity contribution in [2.24, 2.45) is 5.73 Å². The molecule has 16 heavy (non-hydrogen) atoms. The Morgan fingerprint density at radius 1 is 1.56 bits per heavy atom. The van der Waals surface area contributed by atoms with E-state index in [1.807, 2.05) is 0 Å². The van der Waals surface area contributed by atoms with Crippen LogP contribution >= 0.6 is 0 Å². The second-order valence-electron chi connectivity index (χ2n) is 3.02. The normalized spacial score (nSPS) is 10.1. The summed E-state index contributed by atoms with van der Waals surface area (Å²) in [6, 6.07) is 0. The predicted octanol–water partition coefficient (Wildman–Crippen LogP) is -1.66. The van der Waals surface area contributed by atoms with Gasteiger partial charge in [-0.05, 0) is 6.92 Å². The van der Waals surface area contributed by atoms with Gasteiger partial charge in [0, 0.05) is 6.54 Å². The molecule has 0 bridgehead atoms. The zero-order valence-electron chi connectivity index (χ0n) is 8.82. The molecule has 0 aliphatic heterocycles. The second kappa shape index (κ2) is 5.81. The van der Waals surface area contributed by atoms with Gasteiger partial charge in [0.1, 0.15) is 12.4 Å². The SMILES string of the molecule is Cc1nc(C(=O)NCCOCC(N)=O)n[nH]1. The molecule has 0 aliphatic carbocycles. The molecule has 0 radical (unpaired) electrons. The first-order valence-electron chi connectivity index (χ1n) is 4.63. The topological polar surface area (TPSA) is 123 Å². The molecule has 0 aromatic carbocycles. The first-order valence-corrected chi connectivity index (χ1v) is 4.63. The minimum absolute atomic E-state index is 0.0763. The Hall–Kier alpha value is -1.96. The smallest absolute Gasteiger partial charge is 0.291 e. The number of aryl methyl sites for hydroxylation is 1. The lowest BCUT2D eigenvalue weighted by Crippen LogP contribution is -2.29. The molecule has 1 aromatic heterocycles. The number of hydrogen-bond donors (Lipinski definition) is 3. The molecule has 1 heterocycles. The molecule has 0 spiro atoms. The Morgan fingerprint density at radius 2 is 2.31 bits per heavy atom. The molecule has 1 aromatic rings. The zero-order valence-corrected chi connectivity index (χ0v) is 8.82. The van der Waals surface area contributed by atoms with Gasteiger partial charge in [0.05, 0.1) is 6.61 Å². The maximum atomic E-state index is 11.4. The highest BCUT2D eigenvalue weighted by molar-refractivity contribution is 5.90. The minimum Gasteiger partial charge on any atom is -0.370 e. The number of hydrogen-bond acceptors (Lipinski definition) is 5. The Morgan fingerprint density at radius 3 is 2.88 bits per heavy atom. The number of ether oxygens (including phenoxy) is 1. The summed E-state index contributed by atoms with van der Waals surface area (Å²) in [5.74, 6) is -0.300. The average molecular weight is 227 g/mol. The number of rotatable bonds is 6. The van der Waals surface area contributed by atoms with Crippen LogP contribution in [0.3, 0.4) is 0 Å². The lowest BCUT2D eigenvalue weighted by molar-refractivity contribution is -0.122. The summed E-state index contributed by atoms with van der Waals surface area (Å²) in [5.41, 5.74) is 4.85. The Kier molecular flexibility index (Phi) is 4.40. The number of nitrogens with one attached hydrogen (secondary N) is 2. The maximum absolute atomic E-state index is 11.4. The van der Waals surface area contributed by atoms with Gasteiger partial charge in [-0.15, -0.1) is 5.10 Å². The molecule has 88 valence electrons. The maximum Gasteiger partial charge on any atom is 0.291 e. The molecule has 0 unspecified atom stereocenters. The van der Waals surface area contributed by atoms with E-state index in [-0.39, 0.29) is 25.6 Å². The van der Waals surface area contributed by atoms with E-state index >= 15 is 0 Å². The van der Waals surface area contributed by atoms with E-state index < -0.39 is 11.8 Å². The first-order chi connectivity index (χ1) is 7.59. The quantitative estimate of drug-likeness (QED) is 0.502. The summed E-state index contributed by atoms with van der Waals surface area (Å²) >= 11 is 0. The Bertz CT molecular complexity index is 376. The highest BCUT2D eigenvalue weighted by Crippen LogP contribution is 1.89. The summed E-state index contributed by atoms with van der Waals surface area (Å²) < 4.78 is 4.85. The molecule has 4 N–H and O–H groups in total. The number of aromatic amines is 1. The van der Waals surface area contributed by atoms with Gasteiger partial charge in [0.15, 0.2) is 0 Å². The van der Waals surface area contributed by atoms with Crippen LogP contribution in [0, 0.1) is 6.92 Å². The van der Waals surface area contributed by atoms with E-state index in [1.54, 1.807) is 6.92 Å². The monoisotopic (exact) mass is 227 g/mol. The van der Waals surface area contributed by atoms with Crippen LogP contribution in [0.4, 0.5) is 0 Å². The van der Waals surface area contributed by atoms with Crippen molar-refractivity contribution < 1.29 is 14.3 Å². The van der Waals surface area contributed by atoms with Crippen molar-refractivity contribution in [3.8, 4) is 0 Å². The molecular weight excluding hydrogens is 214 g/mol. The highest BCUT2D eigenvalue weighted by atomic mass is 16.5. The van der Waals surface area contributed by atoms with E-state index in [0.717, 1.165) is 0 Å². The van der Waals surface area contributed by atoms with E-state index in [1.165, 1.54) is 0 Å². The fourth-order valence-electron chi connectivity index (χ4n) is 0.933. The summed E-state index contributed by atoms with van der Waals surface area (Å²) in [6.07, 6.45) is 0. The van der Waals surface area contributed by atoms with E-state index in [4.69, 9.17) is 10.5 Å². The fourth-order valence-corrected chi connectivity index (χ4v) is 0.933. The summed E-state index contributed by atoms with van der Waals surface area (Å²) in [6.45, 7) is 2.01. The molecule has 0 saturated carbocycles. The molecule has 8 nitrogen and oxygen atoms in total. The van der Waals surface area contributed by atoms with Crippen LogP contribution in [0.15, 0.2) is 0 Å². The van der Waals surface area contributed by atoms with Gasteiger partial charge in [-0.3, -0.25) is 14.7 Å². The number of amides is 2. The zero-order chi connectivity index (χ0) is 12.0. The van der Waals surface area contributed by atoms with Gasteiger partial charge in [0.2, 0.25) is 11.7 Å². The molecule has 0 fully saturated rings. The van der Waals surface area contributed by atoms with Crippen LogP contribution in [-0.2, 0) is 9.53 Å². The third-order valence-electron chi connectivity index (χ3n) is 1.58. The summed E-state index contributed by atoms with van der Waals surface area (Å²) in [5, 5.41) is 8.76. The Balaban J connectivity index is 2.18. The number of H-pyrrole nitrogens is 1. The Labute approximate surface area is 91.6 Å². The lowest BCUT2D eigenvalue weighted by atomic mass is 10.5. The predicted molar refractivity (Wildman–Crippen MR) is 53.5 cm³/mol. The van der Waals surface area contributed by atoms with Gasteiger partial charge in [-0.1, -0.05) is 0 Å². The van der Waals surface area contributed by atoms with Gasteiger partial charge in [-0.25, -0.2) is 4.98 Å². The van der Waals surface area contributed by atoms with Crippen LogP contribution in [0.25, 0.3) is 0 Å². The van der Waals surface area contributed by atoms with Crippen LogP contribution in [0.2, 0.25) is 0 Å². The highest BCUT2D eigenvalue weighted by Gasteiger charge is 2.09. The fraction of sp³-hybridized carbons (Fsp3) is 0.500. The molecule has 0 saturated heterocycles. The number of nitrogens with zero attached hydrogens (tertiary/aromatic N) is 2. The third-order valence-corrected chi connectivity index (χ3v) is 1.58. The van der Waals surface area contributed by atoms with Gasteiger partial charge in [0.25, 0.3) is 5.91 Å². The van der Waals surface area contributed by atoms with Crippen molar-refractivity contribution in [2.45, 2.75) is 6.92 Å². The van der Waals surface area contributed by atoms with Crippen molar-refractivity contribution in [2.75, 3.05) is 19.8 Å².